The van der Waals surface area contributed by atoms with Crippen LogP contribution in [0.15, 0.2) is 0 Å². The molecule has 2 fully saturated rings. The van der Waals surface area contributed by atoms with Gasteiger partial charge in [-0.15, -0.1) is 0 Å². The maximum Gasteiger partial charge on any atom is 0.409 e. The van der Waals surface area contributed by atoms with E-state index in [0.717, 1.165) is 39.0 Å². The lowest BCUT2D eigenvalue weighted by molar-refractivity contribution is 0.0938. The largest absolute Gasteiger partial charge is 0.450 e. The Labute approximate surface area is 109 Å². The third kappa shape index (κ3) is 3.85. The first-order valence-electron chi connectivity index (χ1n) is 7.18. The summed E-state index contributed by atoms with van der Waals surface area (Å²) in [4.78, 5) is 13.4. The fourth-order valence-electron chi connectivity index (χ4n) is 2.77. The molecule has 1 amide bonds. The number of nitrogens with zero attached hydrogens (tertiary/aromatic N) is 1. The van der Waals surface area contributed by atoms with Crippen LogP contribution in [-0.2, 0) is 4.74 Å². The van der Waals surface area contributed by atoms with Gasteiger partial charge in [0.25, 0.3) is 0 Å². The first kappa shape index (κ1) is 13.6. The summed E-state index contributed by atoms with van der Waals surface area (Å²) < 4.78 is 5.02. The third-order valence-corrected chi connectivity index (χ3v) is 3.79. The number of ether oxygens (including phenoxy) is 1. The van der Waals surface area contributed by atoms with E-state index in [2.05, 4.69) is 10.6 Å². The second-order valence-corrected chi connectivity index (χ2v) is 5.17. The van der Waals surface area contributed by atoms with Crippen LogP contribution in [0, 0.1) is 0 Å². The molecule has 5 nitrogen and oxygen atoms in total. The fourth-order valence-corrected chi connectivity index (χ4v) is 2.77. The Morgan fingerprint density at radius 1 is 1.33 bits per heavy atom. The summed E-state index contributed by atoms with van der Waals surface area (Å²) in [7, 11) is 0. The Morgan fingerprint density at radius 2 is 2.11 bits per heavy atom. The van der Waals surface area contributed by atoms with Crippen LogP contribution >= 0.6 is 0 Å². The van der Waals surface area contributed by atoms with Gasteiger partial charge in [-0.1, -0.05) is 0 Å². The van der Waals surface area contributed by atoms with E-state index in [4.69, 9.17) is 4.74 Å². The fraction of sp³-hybridized carbons (Fsp3) is 0.923. The van der Waals surface area contributed by atoms with Crippen molar-refractivity contribution in [3.05, 3.63) is 0 Å². The Morgan fingerprint density at radius 3 is 2.72 bits per heavy atom. The zero-order valence-corrected chi connectivity index (χ0v) is 11.3. The maximum atomic E-state index is 11.6. The zero-order valence-electron chi connectivity index (χ0n) is 11.3. The van der Waals surface area contributed by atoms with Gasteiger partial charge in [-0.05, 0) is 39.2 Å². The predicted molar refractivity (Wildman–Crippen MR) is 70.6 cm³/mol. The van der Waals surface area contributed by atoms with Crippen LogP contribution in [-0.4, -0.2) is 55.9 Å². The molecule has 0 aromatic carbocycles. The van der Waals surface area contributed by atoms with Gasteiger partial charge in [0.15, 0.2) is 0 Å². The maximum absolute atomic E-state index is 11.6. The van der Waals surface area contributed by atoms with E-state index in [1.165, 1.54) is 12.8 Å². The van der Waals surface area contributed by atoms with E-state index < -0.39 is 0 Å². The van der Waals surface area contributed by atoms with Gasteiger partial charge in [0.05, 0.1) is 6.61 Å². The standard InChI is InChI=1S/C13H25N3O2/c1-2-18-13(17)16-8-5-11(6-9-16)15-12-4-3-7-14-10-12/h11-12,14-15H,2-10H2,1H3/t12-/m0/s1. The van der Waals surface area contributed by atoms with Crippen LogP contribution in [0.2, 0.25) is 0 Å². The molecule has 0 aromatic heterocycles. The summed E-state index contributed by atoms with van der Waals surface area (Å²) in [6.45, 7) is 6.18. The van der Waals surface area contributed by atoms with E-state index >= 15 is 0 Å². The Bertz CT molecular complexity index is 259. The molecule has 2 heterocycles. The van der Waals surface area contributed by atoms with Crippen molar-refractivity contribution >= 4 is 6.09 Å². The minimum Gasteiger partial charge on any atom is -0.450 e. The van der Waals surface area contributed by atoms with E-state index in [1.807, 2.05) is 11.8 Å². The number of piperidine rings is 2. The van der Waals surface area contributed by atoms with Crippen molar-refractivity contribution in [2.75, 3.05) is 32.8 Å². The highest BCUT2D eigenvalue weighted by Gasteiger charge is 2.25. The van der Waals surface area contributed by atoms with Crippen LogP contribution in [0.4, 0.5) is 4.79 Å². The lowest BCUT2D eigenvalue weighted by atomic mass is 10.0. The van der Waals surface area contributed by atoms with Crippen LogP contribution in [0.25, 0.3) is 0 Å². The van der Waals surface area contributed by atoms with Gasteiger partial charge in [-0.2, -0.15) is 0 Å². The number of carbonyl (C=O) groups is 1. The topological polar surface area (TPSA) is 53.6 Å². The molecular weight excluding hydrogens is 230 g/mol. The van der Waals surface area contributed by atoms with Gasteiger partial charge in [0.1, 0.15) is 0 Å². The third-order valence-electron chi connectivity index (χ3n) is 3.79. The quantitative estimate of drug-likeness (QED) is 0.788. The van der Waals surface area contributed by atoms with Gasteiger partial charge in [0.2, 0.25) is 0 Å². The number of carbonyl (C=O) groups excluding carboxylic acids is 1. The van der Waals surface area contributed by atoms with Crippen molar-refractivity contribution in [3.63, 3.8) is 0 Å². The Balaban J connectivity index is 1.68. The Hall–Kier alpha value is -0.810. The molecule has 18 heavy (non-hydrogen) atoms. The summed E-state index contributed by atoms with van der Waals surface area (Å²) in [6, 6.07) is 1.17. The number of amides is 1. The average molecular weight is 255 g/mol. The van der Waals surface area contributed by atoms with Crippen molar-refractivity contribution in [1.29, 1.82) is 0 Å². The van der Waals surface area contributed by atoms with Crippen LogP contribution in [0.5, 0.6) is 0 Å². The number of likely N-dealkylation sites (tertiary alicyclic amines) is 1. The highest BCUT2D eigenvalue weighted by molar-refractivity contribution is 5.67. The molecule has 104 valence electrons. The SMILES string of the molecule is CCOC(=O)N1CCC(N[C@H]2CCCNC2)CC1. The van der Waals surface area contributed by atoms with Crippen LogP contribution in [0.1, 0.15) is 32.6 Å². The number of hydrogen-bond acceptors (Lipinski definition) is 4. The minimum atomic E-state index is -0.157. The molecule has 2 aliphatic rings. The predicted octanol–water partition coefficient (Wildman–Crippen LogP) is 0.949. The molecule has 2 saturated heterocycles. The van der Waals surface area contributed by atoms with Crippen molar-refractivity contribution in [2.45, 2.75) is 44.7 Å². The highest BCUT2D eigenvalue weighted by Crippen LogP contribution is 2.13. The molecule has 0 radical (unpaired) electrons. The molecule has 0 aliphatic carbocycles. The molecule has 1 atom stereocenters. The lowest BCUT2D eigenvalue weighted by Gasteiger charge is -2.35. The van der Waals surface area contributed by atoms with E-state index in [0.29, 0.717) is 18.7 Å². The lowest BCUT2D eigenvalue weighted by Crippen LogP contribution is -2.51. The van der Waals surface area contributed by atoms with Crippen molar-refractivity contribution in [1.82, 2.24) is 15.5 Å². The summed E-state index contributed by atoms with van der Waals surface area (Å²) >= 11 is 0. The molecule has 0 aromatic rings. The number of rotatable bonds is 3. The molecular formula is C13H25N3O2. The van der Waals surface area contributed by atoms with Gasteiger partial charge >= 0.3 is 6.09 Å². The van der Waals surface area contributed by atoms with Crippen molar-refractivity contribution < 1.29 is 9.53 Å². The van der Waals surface area contributed by atoms with Gasteiger partial charge < -0.3 is 20.3 Å². The molecule has 0 spiro atoms. The van der Waals surface area contributed by atoms with Crippen LogP contribution < -0.4 is 10.6 Å². The minimum absolute atomic E-state index is 0.157. The monoisotopic (exact) mass is 255 g/mol. The van der Waals surface area contributed by atoms with Gasteiger partial charge in [-0.25, -0.2) is 4.79 Å². The average Bonchev–Trinajstić information content (AvgIpc) is 2.41. The summed E-state index contributed by atoms with van der Waals surface area (Å²) in [6.07, 6.45) is 4.45. The second kappa shape index (κ2) is 6.95. The summed E-state index contributed by atoms with van der Waals surface area (Å²) in [5.74, 6) is 0. The highest BCUT2D eigenvalue weighted by atomic mass is 16.6. The molecule has 0 saturated carbocycles. The first-order chi connectivity index (χ1) is 8.79. The van der Waals surface area contributed by atoms with E-state index in [-0.39, 0.29) is 6.09 Å². The van der Waals surface area contributed by atoms with Gasteiger partial charge in [0, 0.05) is 31.7 Å². The zero-order chi connectivity index (χ0) is 12.8. The smallest absolute Gasteiger partial charge is 0.409 e. The normalized spacial score (nSPS) is 26.1. The summed E-state index contributed by atoms with van der Waals surface area (Å²) in [5.41, 5.74) is 0. The molecule has 2 aliphatic heterocycles. The molecule has 2 rings (SSSR count). The number of hydrogen-bond donors (Lipinski definition) is 2. The van der Waals surface area contributed by atoms with Crippen molar-refractivity contribution in [2.24, 2.45) is 0 Å². The molecule has 0 unspecified atom stereocenters. The second-order valence-electron chi connectivity index (χ2n) is 5.17. The molecule has 0 bridgehead atoms. The summed E-state index contributed by atoms with van der Waals surface area (Å²) in [5, 5.41) is 7.13. The van der Waals surface area contributed by atoms with Crippen LogP contribution in [0.3, 0.4) is 0 Å². The molecule has 2 N–H and O–H groups in total. The van der Waals surface area contributed by atoms with Gasteiger partial charge in [-0.3, -0.25) is 0 Å². The van der Waals surface area contributed by atoms with E-state index in [9.17, 15) is 4.79 Å². The van der Waals surface area contributed by atoms with Crippen molar-refractivity contribution in [3.8, 4) is 0 Å². The first-order valence-corrected chi connectivity index (χ1v) is 7.18. The van der Waals surface area contributed by atoms with E-state index in [1.54, 1.807) is 0 Å². The molecule has 5 heteroatoms. The number of nitrogens with one attached hydrogen (secondary N) is 2. The Kier molecular flexibility index (Phi) is 5.26.